The van der Waals surface area contributed by atoms with Gasteiger partial charge in [-0.3, -0.25) is 0 Å². The van der Waals surface area contributed by atoms with E-state index in [-0.39, 0.29) is 5.25 Å². The van der Waals surface area contributed by atoms with Crippen LogP contribution in [0.3, 0.4) is 0 Å². The summed E-state index contributed by atoms with van der Waals surface area (Å²) >= 11 is -0.743. The normalized spacial score (nSPS) is 14.4. The maximum absolute atomic E-state index is 12.3. The van der Waals surface area contributed by atoms with E-state index < -0.39 is 11.2 Å². The Morgan fingerprint density at radius 3 is 2.52 bits per heavy atom. The summed E-state index contributed by atoms with van der Waals surface area (Å²) in [6.07, 6.45) is 10.1. The molecule has 1 aliphatic heterocycles. The zero-order valence-electron chi connectivity index (χ0n) is 16.1. The van der Waals surface area contributed by atoms with Crippen LogP contribution in [-0.2, 0) is 17.6 Å². The molecule has 0 spiro atoms. The molecule has 4 heteroatoms. The Hall–Kier alpha value is -1.13. The third kappa shape index (κ3) is 8.68. The Morgan fingerprint density at radius 1 is 1.16 bits per heavy atom. The van der Waals surface area contributed by atoms with Crippen LogP contribution in [0.4, 0.5) is 0 Å². The number of hydrogen-bond acceptors (Lipinski definition) is 3. The first-order valence-corrected chi connectivity index (χ1v) is 10.8. The minimum Gasteiger partial charge on any atom is -0.616 e. The minimum atomic E-state index is -0.743. The van der Waals surface area contributed by atoms with Crippen molar-refractivity contribution >= 4 is 11.2 Å². The first-order chi connectivity index (χ1) is 12.1. The zero-order chi connectivity index (χ0) is 18.5. The lowest BCUT2D eigenvalue weighted by atomic mass is 10.1. The summed E-state index contributed by atoms with van der Waals surface area (Å²) in [6, 6.07) is 6.01. The van der Waals surface area contributed by atoms with Crippen LogP contribution in [0.15, 0.2) is 30.9 Å². The highest BCUT2D eigenvalue weighted by Gasteiger charge is 2.19. The first-order valence-electron chi connectivity index (χ1n) is 9.45. The Balaban J connectivity index is 0.000000970. The average Bonchev–Trinajstić information content (AvgIpc) is 3.06. The summed E-state index contributed by atoms with van der Waals surface area (Å²) in [5.41, 5.74) is 1.17. The van der Waals surface area contributed by atoms with Gasteiger partial charge in [-0.2, -0.15) is 0 Å². The lowest BCUT2D eigenvalue weighted by molar-refractivity contribution is 0.174. The zero-order valence-corrected chi connectivity index (χ0v) is 16.9. The number of allylic oxidation sites excluding steroid dienone is 1. The molecule has 0 radical (unpaired) electrons. The largest absolute Gasteiger partial charge is 0.616 e. The SMILES string of the molecule is C=CC.CCCCCCCC[S+]([O-])C(C)Cc1ccc2c(c1)OCO2. The summed E-state index contributed by atoms with van der Waals surface area (Å²) in [6.45, 7) is 9.86. The highest BCUT2D eigenvalue weighted by Crippen LogP contribution is 2.33. The molecule has 0 aliphatic carbocycles. The Morgan fingerprint density at radius 2 is 1.80 bits per heavy atom. The molecular weight excluding hydrogens is 332 g/mol. The Labute approximate surface area is 157 Å². The highest BCUT2D eigenvalue weighted by atomic mass is 32.2. The van der Waals surface area contributed by atoms with Crippen molar-refractivity contribution in [2.45, 2.75) is 71.0 Å². The second-order valence-corrected chi connectivity index (χ2v) is 8.44. The van der Waals surface area contributed by atoms with Crippen LogP contribution in [0.1, 0.15) is 64.9 Å². The Bertz CT molecular complexity index is 490. The maximum atomic E-state index is 12.3. The molecule has 3 nitrogen and oxygen atoms in total. The highest BCUT2D eigenvalue weighted by molar-refractivity contribution is 7.91. The molecule has 0 bridgehead atoms. The van der Waals surface area contributed by atoms with Crippen molar-refractivity contribution in [3.63, 3.8) is 0 Å². The van der Waals surface area contributed by atoms with E-state index >= 15 is 0 Å². The third-order valence-electron chi connectivity index (χ3n) is 4.11. The smallest absolute Gasteiger partial charge is 0.231 e. The summed E-state index contributed by atoms with van der Waals surface area (Å²) < 4.78 is 23.0. The first kappa shape index (κ1) is 21.9. The van der Waals surface area contributed by atoms with Gasteiger partial charge < -0.3 is 14.0 Å². The van der Waals surface area contributed by atoms with Crippen LogP contribution < -0.4 is 9.47 Å². The van der Waals surface area contributed by atoms with Crippen molar-refractivity contribution in [2.24, 2.45) is 0 Å². The summed E-state index contributed by atoms with van der Waals surface area (Å²) in [5, 5.41) is 0.191. The number of fused-ring (bicyclic) bond motifs is 1. The maximum Gasteiger partial charge on any atom is 0.231 e. The van der Waals surface area contributed by atoms with Gasteiger partial charge in [-0.25, -0.2) is 0 Å². The van der Waals surface area contributed by atoms with Gasteiger partial charge >= 0.3 is 0 Å². The van der Waals surface area contributed by atoms with Crippen molar-refractivity contribution < 1.29 is 14.0 Å². The quantitative estimate of drug-likeness (QED) is 0.305. The van der Waals surface area contributed by atoms with Crippen molar-refractivity contribution in [1.82, 2.24) is 0 Å². The molecule has 1 heterocycles. The molecule has 2 rings (SSSR count). The van der Waals surface area contributed by atoms with Crippen LogP contribution in [-0.4, -0.2) is 22.3 Å². The van der Waals surface area contributed by atoms with Crippen LogP contribution >= 0.6 is 0 Å². The lowest BCUT2D eigenvalue weighted by Gasteiger charge is -2.18. The molecular formula is C21H34O3S. The van der Waals surface area contributed by atoms with Crippen molar-refractivity contribution in [1.29, 1.82) is 0 Å². The summed E-state index contributed by atoms with van der Waals surface area (Å²) in [7, 11) is 0. The third-order valence-corrected chi connectivity index (χ3v) is 5.86. The van der Waals surface area contributed by atoms with E-state index in [9.17, 15) is 4.55 Å². The Kier molecular flexibility index (Phi) is 11.5. The topological polar surface area (TPSA) is 41.5 Å². The molecule has 0 saturated heterocycles. The van der Waals surface area contributed by atoms with Crippen molar-refractivity contribution in [3.05, 3.63) is 36.4 Å². The van der Waals surface area contributed by atoms with Gasteiger partial charge in [0.1, 0.15) is 11.0 Å². The van der Waals surface area contributed by atoms with Crippen LogP contribution in [0.25, 0.3) is 0 Å². The lowest BCUT2D eigenvalue weighted by Crippen LogP contribution is -2.23. The van der Waals surface area contributed by atoms with Gasteiger partial charge in [0.2, 0.25) is 6.79 Å². The number of ether oxygens (including phenoxy) is 2. The molecule has 0 saturated carbocycles. The molecule has 1 aromatic carbocycles. The van der Waals surface area contributed by atoms with Gasteiger partial charge in [-0.15, -0.1) is 6.58 Å². The van der Waals surface area contributed by atoms with Gasteiger partial charge in [-0.05, 0) is 44.4 Å². The van der Waals surface area contributed by atoms with Crippen LogP contribution in [0.5, 0.6) is 11.5 Å². The van der Waals surface area contributed by atoms with Gasteiger partial charge in [0.15, 0.2) is 11.5 Å². The minimum absolute atomic E-state index is 0.191. The molecule has 1 aromatic rings. The molecule has 2 unspecified atom stereocenters. The summed E-state index contributed by atoms with van der Waals surface area (Å²) in [4.78, 5) is 0. The molecule has 0 fully saturated rings. The molecule has 142 valence electrons. The summed E-state index contributed by atoms with van der Waals surface area (Å²) in [5.74, 6) is 2.45. The second kappa shape index (κ2) is 13.1. The van der Waals surface area contributed by atoms with Crippen molar-refractivity contribution in [3.8, 4) is 11.5 Å². The van der Waals surface area contributed by atoms with E-state index in [0.717, 1.165) is 30.1 Å². The van der Waals surface area contributed by atoms with Crippen molar-refractivity contribution in [2.75, 3.05) is 12.5 Å². The van der Waals surface area contributed by atoms with Gasteiger partial charge in [0.05, 0.1) is 0 Å². The molecule has 2 atom stereocenters. The monoisotopic (exact) mass is 366 g/mol. The fraction of sp³-hybridized carbons (Fsp3) is 0.619. The van der Waals surface area contributed by atoms with E-state index in [2.05, 4.69) is 20.4 Å². The predicted molar refractivity (Wildman–Crippen MR) is 108 cm³/mol. The van der Waals surface area contributed by atoms with E-state index in [4.69, 9.17) is 9.47 Å². The number of benzene rings is 1. The molecule has 0 aromatic heterocycles. The van der Waals surface area contributed by atoms with Crippen LogP contribution in [0.2, 0.25) is 0 Å². The average molecular weight is 367 g/mol. The molecule has 0 amide bonds. The molecule has 25 heavy (non-hydrogen) atoms. The van der Waals surface area contributed by atoms with E-state index in [1.165, 1.54) is 37.7 Å². The van der Waals surface area contributed by atoms with E-state index in [1.807, 2.05) is 25.1 Å². The van der Waals surface area contributed by atoms with Gasteiger partial charge in [0, 0.05) is 6.42 Å². The number of hydrogen-bond donors (Lipinski definition) is 0. The molecule has 1 aliphatic rings. The van der Waals surface area contributed by atoms with E-state index in [0.29, 0.717) is 6.79 Å². The predicted octanol–water partition coefficient (Wildman–Crippen LogP) is 5.65. The van der Waals surface area contributed by atoms with Gasteiger partial charge in [0.25, 0.3) is 0 Å². The van der Waals surface area contributed by atoms with Crippen LogP contribution in [0, 0.1) is 0 Å². The standard InChI is InChI=1S/C18H28O3S.C3H6/c1-3-4-5-6-7-8-11-22(19)15(2)12-16-9-10-17-18(13-16)21-14-20-17;1-3-2/h9-10,13,15H,3-8,11-12,14H2,1-2H3;3H,1H2,2H3. The van der Waals surface area contributed by atoms with E-state index in [1.54, 1.807) is 6.08 Å². The number of unbranched alkanes of at least 4 members (excludes halogenated alkanes) is 5. The second-order valence-electron chi connectivity index (χ2n) is 6.46. The molecule has 0 N–H and O–H groups in total. The fourth-order valence-corrected chi connectivity index (χ4v) is 3.99. The van der Waals surface area contributed by atoms with Gasteiger partial charge in [-0.1, -0.05) is 55.9 Å². The number of rotatable bonds is 10. The fourth-order valence-electron chi connectivity index (χ4n) is 2.72.